The van der Waals surface area contributed by atoms with E-state index in [1.54, 1.807) is 13.0 Å². The summed E-state index contributed by atoms with van der Waals surface area (Å²) in [5.41, 5.74) is 0.721. The number of rotatable bonds is 2. The zero-order chi connectivity index (χ0) is 12.6. The van der Waals surface area contributed by atoms with E-state index in [4.69, 9.17) is 0 Å². The molecular formula is C11H16F3N3. The molecule has 1 aliphatic heterocycles. The van der Waals surface area contributed by atoms with Crippen molar-refractivity contribution in [3.05, 3.63) is 11.8 Å². The highest BCUT2D eigenvalue weighted by molar-refractivity contribution is 5.40. The molecule has 0 aromatic carbocycles. The molecule has 2 rings (SSSR count). The fraction of sp³-hybridized carbons (Fsp3) is 0.727. The van der Waals surface area contributed by atoms with E-state index < -0.39 is 12.2 Å². The molecule has 0 spiro atoms. The van der Waals surface area contributed by atoms with Gasteiger partial charge in [-0.15, -0.1) is 0 Å². The minimum absolute atomic E-state index is 0.0315. The first-order chi connectivity index (χ1) is 7.91. The molecule has 2 atom stereocenters. The van der Waals surface area contributed by atoms with E-state index in [-0.39, 0.29) is 12.5 Å². The number of aromatic nitrogens is 2. The zero-order valence-electron chi connectivity index (χ0n) is 9.88. The average molecular weight is 247 g/mol. The second-order valence-corrected chi connectivity index (χ2v) is 4.55. The van der Waals surface area contributed by atoms with Gasteiger partial charge in [0.25, 0.3) is 0 Å². The molecular weight excluding hydrogens is 231 g/mol. The Balaban J connectivity index is 2.35. The Morgan fingerprint density at radius 3 is 2.82 bits per heavy atom. The lowest BCUT2D eigenvalue weighted by Crippen LogP contribution is -2.37. The van der Waals surface area contributed by atoms with E-state index in [0.717, 1.165) is 16.8 Å². The lowest BCUT2D eigenvalue weighted by Gasteiger charge is -2.31. The number of nitrogens with one attached hydrogen (secondary N) is 1. The van der Waals surface area contributed by atoms with Crippen molar-refractivity contribution in [3.63, 3.8) is 0 Å². The highest BCUT2D eigenvalue weighted by Crippen LogP contribution is 2.39. The molecule has 1 aromatic heterocycles. The van der Waals surface area contributed by atoms with Crippen LogP contribution in [0.1, 0.15) is 38.4 Å². The Morgan fingerprint density at radius 2 is 2.24 bits per heavy atom. The van der Waals surface area contributed by atoms with Crippen molar-refractivity contribution < 1.29 is 13.2 Å². The van der Waals surface area contributed by atoms with Gasteiger partial charge < -0.3 is 5.32 Å². The fourth-order valence-corrected chi connectivity index (χ4v) is 2.19. The van der Waals surface area contributed by atoms with Crippen LogP contribution in [0, 0.1) is 0 Å². The number of hydrogen-bond donors (Lipinski definition) is 1. The van der Waals surface area contributed by atoms with E-state index >= 15 is 0 Å². The van der Waals surface area contributed by atoms with Crippen LogP contribution < -0.4 is 5.32 Å². The maximum Gasteiger partial charge on any atom is 0.410 e. The molecule has 1 N–H and O–H groups in total. The summed E-state index contributed by atoms with van der Waals surface area (Å²) >= 11 is 0. The van der Waals surface area contributed by atoms with Crippen molar-refractivity contribution in [2.45, 2.75) is 51.4 Å². The molecule has 0 aliphatic carbocycles. The van der Waals surface area contributed by atoms with Gasteiger partial charge in [0.1, 0.15) is 5.82 Å². The van der Waals surface area contributed by atoms with Crippen LogP contribution in [0.3, 0.4) is 0 Å². The summed E-state index contributed by atoms with van der Waals surface area (Å²) in [7, 11) is 0. The van der Waals surface area contributed by atoms with Crippen molar-refractivity contribution in [1.29, 1.82) is 0 Å². The van der Waals surface area contributed by atoms with Crippen molar-refractivity contribution >= 4 is 5.82 Å². The van der Waals surface area contributed by atoms with Crippen LogP contribution in [0.5, 0.6) is 0 Å². The predicted octanol–water partition coefficient (Wildman–Crippen LogP) is 3.14. The summed E-state index contributed by atoms with van der Waals surface area (Å²) in [6.07, 6.45) is -2.62. The number of aryl methyl sites for hydroxylation is 1. The van der Waals surface area contributed by atoms with Crippen LogP contribution in [0.15, 0.2) is 6.07 Å². The van der Waals surface area contributed by atoms with E-state index in [1.165, 1.54) is 0 Å². The van der Waals surface area contributed by atoms with Gasteiger partial charge in [0, 0.05) is 12.1 Å². The van der Waals surface area contributed by atoms with Gasteiger partial charge in [-0.25, -0.2) is 4.68 Å². The molecule has 2 heterocycles. The molecule has 1 aliphatic rings. The number of fused-ring (bicyclic) bond motifs is 1. The molecule has 0 amide bonds. The van der Waals surface area contributed by atoms with Crippen molar-refractivity contribution in [2.24, 2.45) is 0 Å². The normalized spacial score (nSPS) is 24.3. The first-order valence-corrected chi connectivity index (χ1v) is 5.83. The summed E-state index contributed by atoms with van der Waals surface area (Å²) in [5, 5.41) is 7.10. The van der Waals surface area contributed by atoms with E-state index in [2.05, 4.69) is 10.4 Å². The molecule has 6 heteroatoms. The van der Waals surface area contributed by atoms with Crippen molar-refractivity contribution in [2.75, 3.05) is 5.32 Å². The first kappa shape index (κ1) is 12.3. The maximum atomic E-state index is 12.9. The van der Waals surface area contributed by atoms with Crippen molar-refractivity contribution in [3.8, 4) is 0 Å². The number of alkyl halides is 3. The van der Waals surface area contributed by atoms with Gasteiger partial charge >= 0.3 is 6.18 Å². The molecule has 0 fully saturated rings. The number of halogens is 3. The summed E-state index contributed by atoms with van der Waals surface area (Å²) in [6.45, 7) is 3.74. The lowest BCUT2D eigenvalue weighted by atomic mass is 10.1. The minimum Gasteiger partial charge on any atom is -0.368 e. The van der Waals surface area contributed by atoms with Crippen LogP contribution in [0.25, 0.3) is 0 Å². The molecule has 96 valence electrons. The highest BCUT2D eigenvalue weighted by Gasteiger charge is 2.45. The van der Waals surface area contributed by atoms with Crippen LogP contribution in [0.2, 0.25) is 0 Å². The van der Waals surface area contributed by atoms with Gasteiger partial charge in [-0.2, -0.15) is 18.3 Å². The second kappa shape index (κ2) is 4.23. The van der Waals surface area contributed by atoms with Crippen LogP contribution >= 0.6 is 0 Å². The van der Waals surface area contributed by atoms with Gasteiger partial charge in [0.2, 0.25) is 0 Å². The van der Waals surface area contributed by atoms with E-state index in [1.807, 2.05) is 6.92 Å². The third-order valence-electron chi connectivity index (χ3n) is 2.94. The Morgan fingerprint density at radius 1 is 1.53 bits per heavy atom. The summed E-state index contributed by atoms with van der Waals surface area (Å²) in [6, 6.07) is 0.0393. The zero-order valence-corrected chi connectivity index (χ0v) is 9.88. The molecule has 17 heavy (non-hydrogen) atoms. The Bertz CT molecular complexity index is 397. The smallest absolute Gasteiger partial charge is 0.368 e. The molecule has 0 radical (unpaired) electrons. The summed E-state index contributed by atoms with van der Waals surface area (Å²) in [4.78, 5) is 0. The first-order valence-electron chi connectivity index (χ1n) is 5.83. The number of anilines is 1. The number of nitrogens with zero attached hydrogens (tertiary/aromatic N) is 2. The summed E-state index contributed by atoms with van der Waals surface area (Å²) < 4.78 is 39.8. The van der Waals surface area contributed by atoms with Crippen LogP contribution in [-0.2, 0) is 6.42 Å². The quantitative estimate of drug-likeness (QED) is 0.870. The van der Waals surface area contributed by atoms with E-state index in [0.29, 0.717) is 12.2 Å². The SMILES string of the molecule is CCCc1cc2n(n1)C(C(F)(F)F)CC(C)N2. The Labute approximate surface area is 98.0 Å². The lowest BCUT2D eigenvalue weighted by molar-refractivity contribution is -0.173. The fourth-order valence-electron chi connectivity index (χ4n) is 2.19. The molecule has 0 saturated heterocycles. The van der Waals surface area contributed by atoms with E-state index in [9.17, 15) is 13.2 Å². The van der Waals surface area contributed by atoms with Crippen LogP contribution in [-0.4, -0.2) is 22.0 Å². The number of hydrogen-bond acceptors (Lipinski definition) is 2. The standard InChI is InChI=1S/C11H16F3N3/c1-3-4-8-6-10-15-7(2)5-9(11(12,13)14)17(10)16-8/h6-7,9,15H,3-5H2,1-2H3. The topological polar surface area (TPSA) is 29.9 Å². The third kappa shape index (κ3) is 2.40. The molecule has 1 aromatic rings. The molecule has 0 bridgehead atoms. The van der Waals surface area contributed by atoms with Gasteiger partial charge in [-0.1, -0.05) is 13.3 Å². The summed E-state index contributed by atoms with van der Waals surface area (Å²) in [5.74, 6) is 0.481. The largest absolute Gasteiger partial charge is 0.410 e. The second-order valence-electron chi connectivity index (χ2n) is 4.55. The third-order valence-corrected chi connectivity index (χ3v) is 2.94. The van der Waals surface area contributed by atoms with Crippen LogP contribution in [0.4, 0.5) is 19.0 Å². The Hall–Kier alpha value is -1.20. The minimum atomic E-state index is -4.24. The predicted molar refractivity (Wildman–Crippen MR) is 59.0 cm³/mol. The molecule has 3 nitrogen and oxygen atoms in total. The van der Waals surface area contributed by atoms with Gasteiger partial charge in [-0.3, -0.25) is 0 Å². The molecule has 0 saturated carbocycles. The van der Waals surface area contributed by atoms with Gasteiger partial charge in [0.05, 0.1) is 5.69 Å². The monoisotopic (exact) mass is 247 g/mol. The maximum absolute atomic E-state index is 12.9. The Kier molecular flexibility index (Phi) is 3.05. The van der Waals surface area contributed by atoms with Gasteiger partial charge in [-0.05, 0) is 19.8 Å². The average Bonchev–Trinajstić information content (AvgIpc) is 2.57. The van der Waals surface area contributed by atoms with Gasteiger partial charge in [0.15, 0.2) is 6.04 Å². The molecule has 2 unspecified atom stereocenters. The van der Waals surface area contributed by atoms with Crippen molar-refractivity contribution in [1.82, 2.24) is 9.78 Å². The highest BCUT2D eigenvalue weighted by atomic mass is 19.4.